The number of carbonyl (C=O) groups excluding carboxylic acids is 2. The van der Waals surface area contributed by atoms with Crippen LogP contribution in [0.1, 0.15) is 25.6 Å². The Morgan fingerprint density at radius 3 is 2.59 bits per heavy atom. The molecule has 32 heavy (non-hydrogen) atoms. The summed E-state index contributed by atoms with van der Waals surface area (Å²) in [6.07, 6.45) is 6.19. The SMILES string of the molecule is Cc1cc(-n2ccnc2)ccc1-c1cc2sc(C=O)cc2n1-c1ccc(C(N)=O)c(O)c1. The minimum atomic E-state index is -0.698. The van der Waals surface area contributed by atoms with Crippen molar-refractivity contribution in [2.75, 3.05) is 0 Å². The van der Waals surface area contributed by atoms with Crippen LogP contribution in [0.15, 0.2) is 67.3 Å². The molecule has 5 aromatic rings. The first-order valence-corrected chi connectivity index (χ1v) is 10.6. The summed E-state index contributed by atoms with van der Waals surface area (Å²) in [4.78, 5) is 27.6. The minimum absolute atomic E-state index is 0.0541. The van der Waals surface area contributed by atoms with Crippen molar-refractivity contribution in [1.82, 2.24) is 14.1 Å². The van der Waals surface area contributed by atoms with E-state index in [2.05, 4.69) is 11.1 Å². The number of phenols is 1. The van der Waals surface area contributed by atoms with Crippen molar-refractivity contribution in [2.24, 2.45) is 5.73 Å². The quantitative estimate of drug-likeness (QED) is 0.392. The van der Waals surface area contributed by atoms with Gasteiger partial charge in [0.25, 0.3) is 5.91 Å². The molecule has 0 radical (unpaired) electrons. The fraction of sp³-hybridized carbons (Fsp3) is 0.0417. The van der Waals surface area contributed by atoms with Crippen LogP contribution < -0.4 is 5.73 Å². The molecule has 0 spiro atoms. The van der Waals surface area contributed by atoms with E-state index in [1.54, 1.807) is 18.6 Å². The average Bonchev–Trinajstić information content (AvgIpc) is 3.49. The number of imidazole rings is 1. The molecule has 2 aromatic carbocycles. The molecule has 0 aliphatic carbocycles. The van der Waals surface area contributed by atoms with Crippen LogP contribution in [-0.4, -0.2) is 31.4 Å². The molecule has 3 heterocycles. The van der Waals surface area contributed by atoms with Crippen molar-refractivity contribution in [3.63, 3.8) is 0 Å². The Balaban J connectivity index is 1.72. The zero-order valence-electron chi connectivity index (χ0n) is 17.0. The second kappa shape index (κ2) is 7.51. The van der Waals surface area contributed by atoms with E-state index in [1.807, 2.05) is 46.5 Å². The van der Waals surface area contributed by atoms with Gasteiger partial charge in [-0.1, -0.05) is 6.07 Å². The zero-order chi connectivity index (χ0) is 22.4. The second-order valence-electron chi connectivity index (χ2n) is 7.42. The maximum absolute atomic E-state index is 11.5. The summed E-state index contributed by atoms with van der Waals surface area (Å²) < 4.78 is 4.85. The van der Waals surface area contributed by atoms with Crippen LogP contribution in [0.4, 0.5) is 0 Å². The largest absolute Gasteiger partial charge is 0.507 e. The highest BCUT2D eigenvalue weighted by Crippen LogP contribution is 2.38. The zero-order valence-corrected chi connectivity index (χ0v) is 17.8. The van der Waals surface area contributed by atoms with Gasteiger partial charge in [-0.2, -0.15) is 0 Å². The van der Waals surface area contributed by atoms with Crippen LogP contribution in [0.2, 0.25) is 0 Å². The van der Waals surface area contributed by atoms with Crippen molar-refractivity contribution >= 4 is 33.7 Å². The monoisotopic (exact) mass is 442 g/mol. The summed E-state index contributed by atoms with van der Waals surface area (Å²) >= 11 is 1.40. The van der Waals surface area contributed by atoms with Gasteiger partial charge < -0.3 is 20.0 Å². The number of aldehydes is 1. The van der Waals surface area contributed by atoms with Crippen molar-refractivity contribution in [2.45, 2.75) is 6.92 Å². The molecule has 3 N–H and O–H groups in total. The molecule has 0 bridgehead atoms. The summed E-state index contributed by atoms with van der Waals surface area (Å²) in [5.41, 5.74) is 10.9. The van der Waals surface area contributed by atoms with E-state index < -0.39 is 5.91 Å². The van der Waals surface area contributed by atoms with E-state index in [1.165, 1.54) is 23.5 Å². The highest BCUT2D eigenvalue weighted by Gasteiger charge is 2.18. The number of hydrogen-bond acceptors (Lipinski definition) is 5. The van der Waals surface area contributed by atoms with Crippen LogP contribution in [0.5, 0.6) is 5.75 Å². The lowest BCUT2D eigenvalue weighted by molar-refractivity contribution is 0.0997. The smallest absolute Gasteiger partial charge is 0.252 e. The molecule has 8 heteroatoms. The highest BCUT2D eigenvalue weighted by atomic mass is 32.1. The third-order valence-corrected chi connectivity index (χ3v) is 6.42. The number of nitrogens with zero attached hydrogens (tertiary/aromatic N) is 3. The van der Waals surface area contributed by atoms with Gasteiger partial charge in [-0.05, 0) is 48.9 Å². The van der Waals surface area contributed by atoms with Gasteiger partial charge >= 0.3 is 0 Å². The van der Waals surface area contributed by atoms with Crippen molar-refractivity contribution in [3.05, 3.63) is 83.3 Å². The molecule has 1 amide bonds. The molecule has 0 saturated carbocycles. The highest BCUT2D eigenvalue weighted by molar-refractivity contribution is 7.20. The maximum Gasteiger partial charge on any atom is 0.252 e. The third-order valence-electron chi connectivity index (χ3n) is 5.42. The Morgan fingerprint density at radius 1 is 1.12 bits per heavy atom. The summed E-state index contributed by atoms with van der Waals surface area (Å²) in [7, 11) is 0. The summed E-state index contributed by atoms with van der Waals surface area (Å²) in [6, 6.07) is 14.7. The number of rotatable bonds is 5. The van der Waals surface area contributed by atoms with Gasteiger partial charge in [0.05, 0.1) is 32.7 Å². The Bertz CT molecular complexity index is 1500. The average molecular weight is 443 g/mol. The molecule has 0 atom stereocenters. The number of aromatic nitrogens is 3. The van der Waals surface area contributed by atoms with Gasteiger partial charge in [0.15, 0.2) is 6.29 Å². The number of carbonyl (C=O) groups is 2. The van der Waals surface area contributed by atoms with Crippen LogP contribution in [0, 0.1) is 6.92 Å². The number of nitrogens with two attached hydrogens (primary N) is 1. The maximum atomic E-state index is 11.5. The normalized spacial score (nSPS) is 11.2. The Kier molecular flexibility index (Phi) is 4.64. The van der Waals surface area contributed by atoms with E-state index in [4.69, 9.17) is 5.73 Å². The number of fused-ring (bicyclic) bond motifs is 1. The van der Waals surface area contributed by atoms with Crippen molar-refractivity contribution < 1.29 is 14.7 Å². The van der Waals surface area contributed by atoms with Gasteiger partial charge in [-0.15, -0.1) is 11.3 Å². The molecule has 7 nitrogen and oxygen atoms in total. The molecular formula is C24H18N4O3S. The van der Waals surface area contributed by atoms with Crippen molar-refractivity contribution in [3.8, 4) is 28.4 Å². The number of thiophene rings is 1. The summed E-state index contributed by atoms with van der Waals surface area (Å²) in [5, 5.41) is 10.4. The number of benzene rings is 2. The summed E-state index contributed by atoms with van der Waals surface area (Å²) in [5.74, 6) is -0.891. The molecule has 0 unspecified atom stereocenters. The molecule has 5 rings (SSSR count). The lowest BCUT2D eigenvalue weighted by Gasteiger charge is -2.15. The van der Waals surface area contributed by atoms with E-state index >= 15 is 0 Å². The minimum Gasteiger partial charge on any atom is -0.507 e. The summed E-state index contributed by atoms with van der Waals surface area (Å²) in [6.45, 7) is 2.03. The fourth-order valence-electron chi connectivity index (χ4n) is 3.92. The Morgan fingerprint density at radius 2 is 1.94 bits per heavy atom. The van der Waals surface area contributed by atoms with Crippen LogP contribution in [0.3, 0.4) is 0 Å². The van der Waals surface area contributed by atoms with E-state index in [0.717, 1.165) is 39.0 Å². The van der Waals surface area contributed by atoms with Crippen LogP contribution >= 0.6 is 11.3 Å². The lowest BCUT2D eigenvalue weighted by Crippen LogP contribution is -2.11. The predicted octanol–water partition coefficient (Wildman–Crippen LogP) is 4.47. The van der Waals surface area contributed by atoms with Gasteiger partial charge in [0.1, 0.15) is 5.75 Å². The molecular weight excluding hydrogens is 424 g/mol. The number of hydrogen-bond donors (Lipinski definition) is 2. The molecule has 158 valence electrons. The van der Waals surface area contributed by atoms with Crippen molar-refractivity contribution in [1.29, 1.82) is 0 Å². The van der Waals surface area contributed by atoms with Gasteiger partial charge in [-0.25, -0.2) is 4.98 Å². The topological polar surface area (TPSA) is 103 Å². The molecule has 0 saturated heterocycles. The Labute approximate surface area is 187 Å². The number of amides is 1. The molecule has 3 aromatic heterocycles. The Hall–Kier alpha value is -4.17. The number of aromatic hydroxyl groups is 1. The first-order valence-electron chi connectivity index (χ1n) is 9.79. The third kappa shape index (κ3) is 3.17. The lowest BCUT2D eigenvalue weighted by atomic mass is 10.0. The predicted molar refractivity (Wildman–Crippen MR) is 124 cm³/mol. The fourth-order valence-corrected chi connectivity index (χ4v) is 4.82. The van der Waals surface area contributed by atoms with E-state index in [9.17, 15) is 14.7 Å². The van der Waals surface area contributed by atoms with E-state index in [0.29, 0.717) is 10.6 Å². The van der Waals surface area contributed by atoms with Crippen LogP contribution in [-0.2, 0) is 0 Å². The first-order chi connectivity index (χ1) is 15.5. The molecule has 0 fully saturated rings. The second-order valence-corrected chi connectivity index (χ2v) is 8.53. The van der Waals surface area contributed by atoms with Gasteiger partial charge in [0.2, 0.25) is 0 Å². The molecule has 0 aliphatic heterocycles. The van der Waals surface area contributed by atoms with Gasteiger partial charge in [-0.3, -0.25) is 9.59 Å². The molecule has 0 aliphatic rings. The standard InChI is InChI=1S/C24H18N4O3S/c1-14-8-15(27-7-6-26-13-27)2-4-18(14)20-11-23-21(10-17(12-29)32-23)28(20)16-3-5-19(24(25)31)22(30)9-16/h2-13,30H,1H3,(H2,25,31). The van der Waals surface area contributed by atoms with Gasteiger partial charge in [0, 0.05) is 35.4 Å². The first kappa shape index (κ1) is 19.8. The van der Waals surface area contributed by atoms with E-state index in [-0.39, 0.29) is 11.3 Å². The number of aryl methyl sites for hydroxylation is 1. The number of primary amides is 1. The van der Waals surface area contributed by atoms with Crippen LogP contribution in [0.25, 0.3) is 32.8 Å².